The van der Waals surface area contributed by atoms with Crippen LogP contribution in [-0.4, -0.2) is 46.2 Å². The van der Waals surface area contributed by atoms with E-state index >= 15 is 0 Å². The monoisotopic (exact) mass is 362 g/mol. The van der Waals surface area contributed by atoms with Crippen molar-refractivity contribution in [1.29, 1.82) is 0 Å². The maximum atomic E-state index is 5.42. The van der Waals surface area contributed by atoms with E-state index < -0.39 is 0 Å². The summed E-state index contributed by atoms with van der Waals surface area (Å²) in [7, 11) is 0. The molecule has 1 N–H and O–H groups in total. The summed E-state index contributed by atoms with van der Waals surface area (Å²) in [6.45, 7) is 5.82. The van der Waals surface area contributed by atoms with Gasteiger partial charge in [-0.2, -0.15) is 0 Å². The molecule has 7 nitrogen and oxygen atoms in total. The fourth-order valence-electron chi connectivity index (χ4n) is 3.00. The molecule has 1 fully saturated rings. The summed E-state index contributed by atoms with van der Waals surface area (Å²) in [5, 5.41) is 3.36. The second-order valence-electron chi connectivity index (χ2n) is 6.40. The van der Waals surface area contributed by atoms with Gasteiger partial charge in [0.05, 0.1) is 25.5 Å². The highest BCUT2D eigenvalue weighted by atomic mass is 16.5. The van der Waals surface area contributed by atoms with Gasteiger partial charge in [-0.25, -0.2) is 15.0 Å². The number of aromatic nitrogens is 4. The summed E-state index contributed by atoms with van der Waals surface area (Å²) in [5.74, 6) is 2.44. The number of hydrogen-bond acceptors (Lipinski definition) is 7. The minimum absolute atomic E-state index is 0.598. The number of anilines is 2. The minimum atomic E-state index is 0.598. The highest BCUT2D eigenvalue weighted by Gasteiger charge is 2.12. The third-order valence-electron chi connectivity index (χ3n) is 4.35. The van der Waals surface area contributed by atoms with E-state index in [-0.39, 0.29) is 0 Å². The van der Waals surface area contributed by atoms with Crippen molar-refractivity contribution in [3.8, 4) is 11.4 Å². The second kappa shape index (κ2) is 8.09. The molecule has 3 aromatic heterocycles. The summed E-state index contributed by atoms with van der Waals surface area (Å²) in [6.07, 6.45) is 3.51. The maximum absolute atomic E-state index is 5.42. The lowest BCUT2D eigenvalue weighted by Crippen LogP contribution is -2.36. The van der Waals surface area contributed by atoms with Crippen molar-refractivity contribution in [2.75, 3.05) is 36.5 Å². The topological polar surface area (TPSA) is 76.1 Å². The van der Waals surface area contributed by atoms with Gasteiger partial charge in [0, 0.05) is 42.8 Å². The number of nitrogens with one attached hydrogen (secondary N) is 1. The predicted octanol–water partition coefficient (Wildman–Crippen LogP) is 2.69. The zero-order chi connectivity index (χ0) is 18.5. The van der Waals surface area contributed by atoms with Crippen molar-refractivity contribution < 1.29 is 4.74 Å². The molecule has 1 saturated heterocycles. The normalized spacial score (nSPS) is 14.2. The van der Waals surface area contributed by atoms with Crippen molar-refractivity contribution in [2.24, 2.45) is 0 Å². The molecule has 0 unspecified atom stereocenters. The first-order chi connectivity index (χ1) is 13.3. The SMILES string of the molecule is Cc1cc(NCc2cccc(N3CCOCC3)n2)nc(-c2cccnc2)n1. The van der Waals surface area contributed by atoms with Crippen molar-refractivity contribution in [1.82, 2.24) is 19.9 Å². The van der Waals surface area contributed by atoms with Gasteiger partial charge in [0.15, 0.2) is 5.82 Å². The predicted molar refractivity (Wildman–Crippen MR) is 105 cm³/mol. The standard InChI is InChI=1S/C20H22N6O/c1-15-12-18(25-20(23-15)16-4-3-7-21-13-16)22-14-17-5-2-6-19(24-17)26-8-10-27-11-9-26/h2-7,12-13H,8-11,14H2,1H3,(H,22,23,25). The van der Waals surface area contributed by atoms with Gasteiger partial charge in [0.1, 0.15) is 11.6 Å². The molecule has 0 bridgehead atoms. The lowest BCUT2D eigenvalue weighted by molar-refractivity contribution is 0.122. The van der Waals surface area contributed by atoms with Gasteiger partial charge in [-0.05, 0) is 31.2 Å². The van der Waals surface area contributed by atoms with Gasteiger partial charge in [0.2, 0.25) is 0 Å². The highest BCUT2D eigenvalue weighted by molar-refractivity contribution is 5.56. The first-order valence-electron chi connectivity index (χ1n) is 9.06. The van der Waals surface area contributed by atoms with Gasteiger partial charge in [0.25, 0.3) is 0 Å². The minimum Gasteiger partial charge on any atom is -0.378 e. The Morgan fingerprint density at radius 3 is 2.78 bits per heavy atom. The van der Waals surface area contributed by atoms with E-state index in [0.717, 1.165) is 54.9 Å². The third-order valence-corrected chi connectivity index (χ3v) is 4.35. The molecule has 0 spiro atoms. The molecule has 7 heteroatoms. The number of nitrogens with zero attached hydrogens (tertiary/aromatic N) is 5. The molecule has 1 aliphatic heterocycles. The first kappa shape index (κ1) is 17.4. The van der Waals surface area contributed by atoms with Crippen molar-refractivity contribution in [3.05, 3.63) is 60.2 Å². The smallest absolute Gasteiger partial charge is 0.163 e. The maximum Gasteiger partial charge on any atom is 0.163 e. The lowest BCUT2D eigenvalue weighted by Gasteiger charge is -2.28. The fourth-order valence-corrected chi connectivity index (χ4v) is 3.00. The summed E-state index contributed by atoms with van der Waals surface area (Å²) < 4.78 is 5.42. The van der Waals surface area contributed by atoms with Gasteiger partial charge in [-0.15, -0.1) is 0 Å². The van der Waals surface area contributed by atoms with Crippen LogP contribution in [0, 0.1) is 6.92 Å². The molecule has 4 heterocycles. The molecule has 0 aromatic carbocycles. The van der Waals surface area contributed by atoms with E-state index in [9.17, 15) is 0 Å². The summed E-state index contributed by atoms with van der Waals surface area (Å²) >= 11 is 0. The molecule has 0 saturated carbocycles. The first-order valence-corrected chi connectivity index (χ1v) is 9.06. The Labute approximate surface area is 158 Å². The van der Waals surface area contributed by atoms with Crippen LogP contribution in [0.3, 0.4) is 0 Å². The second-order valence-corrected chi connectivity index (χ2v) is 6.40. The molecule has 3 aromatic rings. The van der Waals surface area contributed by atoms with E-state index in [1.807, 2.05) is 43.3 Å². The van der Waals surface area contributed by atoms with Crippen LogP contribution in [0.5, 0.6) is 0 Å². The van der Waals surface area contributed by atoms with Gasteiger partial charge >= 0.3 is 0 Å². The Hall–Kier alpha value is -3.06. The van der Waals surface area contributed by atoms with Crippen LogP contribution in [-0.2, 0) is 11.3 Å². The molecule has 138 valence electrons. The number of ether oxygens (including phenoxy) is 1. The Morgan fingerprint density at radius 2 is 1.96 bits per heavy atom. The number of pyridine rings is 2. The average molecular weight is 362 g/mol. The van der Waals surface area contributed by atoms with E-state index in [0.29, 0.717) is 12.4 Å². The Kier molecular flexibility index (Phi) is 5.20. The molecule has 1 aliphatic rings. The molecule has 27 heavy (non-hydrogen) atoms. The molecule has 4 rings (SSSR count). The Morgan fingerprint density at radius 1 is 1.07 bits per heavy atom. The number of aryl methyl sites for hydroxylation is 1. The van der Waals surface area contributed by atoms with Crippen LogP contribution >= 0.6 is 0 Å². The van der Waals surface area contributed by atoms with E-state index in [4.69, 9.17) is 9.72 Å². The van der Waals surface area contributed by atoms with E-state index in [1.165, 1.54) is 0 Å². The molecule has 0 radical (unpaired) electrons. The zero-order valence-electron chi connectivity index (χ0n) is 15.3. The van der Waals surface area contributed by atoms with Crippen molar-refractivity contribution >= 4 is 11.6 Å². The van der Waals surface area contributed by atoms with E-state index in [1.54, 1.807) is 12.4 Å². The van der Waals surface area contributed by atoms with Gasteiger partial charge in [-0.3, -0.25) is 4.98 Å². The molecule has 0 aliphatic carbocycles. The van der Waals surface area contributed by atoms with Crippen molar-refractivity contribution in [2.45, 2.75) is 13.5 Å². The lowest BCUT2D eigenvalue weighted by atomic mass is 10.2. The van der Waals surface area contributed by atoms with Crippen LogP contribution in [0.15, 0.2) is 48.8 Å². The number of rotatable bonds is 5. The molecular formula is C20H22N6O. The summed E-state index contributed by atoms with van der Waals surface area (Å²) in [6, 6.07) is 11.9. The summed E-state index contributed by atoms with van der Waals surface area (Å²) in [5.41, 5.74) is 2.77. The van der Waals surface area contributed by atoms with Gasteiger partial charge < -0.3 is 15.0 Å². The van der Waals surface area contributed by atoms with Crippen LogP contribution in [0.2, 0.25) is 0 Å². The number of hydrogen-bond donors (Lipinski definition) is 1. The van der Waals surface area contributed by atoms with Crippen LogP contribution in [0.1, 0.15) is 11.4 Å². The quantitative estimate of drug-likeness (QED) is 0.748. The van der Waals surface area contributed by atoms with Gasteiger partial charge in [-0.1, -0.05) is 6.07 Å². The van der Waals surface area contributed by atoms with Crippen LogP contribution in [0.25, 0.3) is 11.4 Å². The molecular weight excluding hydrogens is 340 g/mol. The van der Waals surface area contributed by atoms with E-state index in [2.05, 4.69) is 25.2 Å². The largest absolute Gasteiger partial charge is 0.378 e. The Bertz CT molecular complexity index is 896. The van der Waals surface area contributed by atoms with Crippen LogP contribution < -0.4 is 10.2 Å². The fraction of sp³-hybridized carbons (Fsp3) is 0.300. The Balaban J connectivity index is 1.48. The van der Waals surface area contributed by atoms with Crippen molar-refractivity contribution in [3.63, 3.8) is 0 Å². The average Bonchev–Trinajstić information content (AvgIpc) is 2.73. The highest BCUT2D eigenvalue weighted by Crippen LogP contribution is 2.18. The van der Waals surface area contributed by atoms with Crippen LogP contribution in [0.4, 0.5) is 11.6 Å². The number of morpholine rings is 1. The molecule has 0 amide bonds. The third kappa shape index (κ3) is 4.38. The summed E-state index contributed by atoms with van der Waals surface area (Å²) in [4.78, 5) is 20.3. The zero-order valence-corrected chi connectivity index (χ0v) is 15.3. The molecule has 0 atom stereocenters.